The third kappa shape index (κ3) is 3.92. The first-order chi connectivity index (χ1) is 9.31. The second-order valence-corrected chi connectivity index (χ2v) is 4.83. The number of hydrogen-bond acceptors (Lipinski definition) is 4. The Morgan fingerprint density at radius 3 is 2.95 bits per heavy atom. The number of pyridine rings is 1. The minimum Gasteiger partial charge on any atom is -0.386 e. The summed E-state index contributed by atoms with van der Waals surface area (Å²) in [4.78, 5) is 18.5. The summed E-state index contributed by atoms with van der Waals surface area (Å²) in [6.07, 6.45) is 6.94. The van der Waals surface area contributed by atoms with Crippen molar-refractivity contribution in [1.29, 1.82) is 0 Å². The van der Waals surface area contributed by atoms with Gasteiger partial charge in [-0.15, -0.1) is 0 Å². The van der Waals surface area contributed by atoms with Gasteiger partial charge in [-0.3, -0.25) is 9.78 Å². The summed E-state index contributed by atoms with van der Waals surface area (Å²) >= 11 is 0. The third-order valence-corrected chi connectivity index (χ3v) is 3.47. The number of carbonyl (C=O) groups is 1. The molecule has 0 unspecified atom stereocenters. The van der Waals surface area contributed by atoms with E-state index in [1.54, 1.807) is 25.5 Å². The molecule has 0 bridgehead atoms. The zero-order chi connectivity index (χ0) is 13.5. The molecular weight excluding hydrogens is 240 g/mol. The molecule has 2 heterocycles. The number of hydrogen-bond donors (Lipinski definition) is 2. The van der Waals surface area contributed by atoms with E-state index < -0.39 is 0 Å². The molecule has 5 heteroatoms. The van der Waals surface area contributed by atoms with Gasteiger partial charge >= 0.3 is 0 Å². The number of rotatable bonds is 6. The van der Waals surface area contributed by atoms with Crippen LogP contribution in [0.2, 0.25) is 0 Å². The van der Waals surface area contributed by atoms with Gasteiger partial charge in [0.1, 0.15) is 0 Å². The molecule has 1 aromatic heterocycles. The van der Waals surface area contributed by atoms with Gasteiger partial charge in [0.15, 0.2) is 0 Å². The molecule has 2 rings (SSSR count). The van der Waals surface area contributed by atoms with Crippen molar-refractivity contribution in [3.63, 3.8) is 0 Å². The first-order valence-electron chi connectivity index (χ1n) is 6.93. The van der Waals surface area contributed by atoms with Gasteiger partial charge in [-0.05, 0) is 45.0 Å². The average molecular weight is 262 g/mol. The van der Waals surface area contributed by atoms with Crippen LogP contribution >= 0.6 is 0 Å². The fourth-order valence-corrected chi connectivity index (χ4v) is 2.40. The lowest BCUT2D eigenvalue weighted by Gasteiger charge is -2.14. The zero-order valence-corrected chi connectivity index (χ0v) is 11.5. The topological polar surface area (TPSA) is 57.3 Å². The molecular formula is C14H22N4O. The van der Waals surface area contributed by atoms with E-state index in [0.29, 0.717) is 5.56 Å². The third-order valence-electron chi connectivity index (χ3n) is 3.47. The van der Waals surface area contributed by atoms with Crippen molar-refractivity contribution in [2.75, 3.05) is 38.5 Å². The standard InChI is InChI=1S/C14H22N4O/c1-15-13-11-16-7-5-12(13)14(19)17-6-4-10-18-8-2-3-9-18/h5,7,11,15H,2-4,6,8-10H2,1H3,(H,17,19). The number of likely N-dealkylation sites (tertiary alicyclic amines) is 1. The van der Waals surface area contributed by atoms with Gasteiger partial charge in [-0.1, -0.05) is 0 Å². The highest BCUT2D eigenvalue weighted by Crippen LogP contribution is 2.12. The van der Waals surface area contributed by atoms with Crippen LogP contribution in [0, 0.1) is 0 Å². The van der Waals surface area contributed by atoms with Crippen molar-refractivity contribution in [1.82, 2.24) is 15.2 Å². The van der Waals surface area contributed by atoms with Crippen LogP contribution in [0.25, 0.3) is 0 Å². The van der Waals surface area contributed by atoms with Crippen LogP contribution in [-0.4, -0.2) is 49.0 Å². The number of carbonyl (C=O) groups excluding carboxylic acids is 1. The number of nitrogens with one attached hydrogen (secondary N) is 2. The van der Waals surface area contributed by atoms with E-state index in [1.165, 1.54) is 25.9 Å². The Morgan fingerprint density at radius 2 is 2.21 bits per heavy atom. The Hall–Kier alpha value is -1.62. The van der Waals surface area contributed by atoms with E-state index in [-0.39, 0.29) is 5.91 Å². The normalized spacial score (nSPS) is 15.4. The van der Waals surface area contributed by atoms with Crippen LogP contribution in [-0.2, 0) is 0 Å². The van der Waals surface area contributed by atoms with E-state index >= 15 is 0 Å². The Labute approximate surface area is 114 Å². The summed E-state index contributed by atoms with van der Waals surface area (Å²) in [6, 6.07) is 1.74. The van der Waals surface area contributed by atoms with Gasteiger partial charge in [0, 0.05) is 19.8 Å². The van der Waals surface area contributed by atoms with Crippen LogP contribution in [0.1, 0.15) is 29.6 Å². The fraction of sp³-hybridized carbons (Fsp3) is 0.571. The molecule has 0 aromatic carbocycles. The number of nitrogens with zero attached hydrogens (tertiary/aromatic N) is 2. The Bertz CT molecular complexity index is 416. The second kappa shape index (κ2) is 7.09. The summed E-state index contributed by atoms with van der Waals surface area (Å²) < 4.78 is 0. The van der Waals surface area contributed by atoms with E-state index in [2.05, 4.69) is 20.5 Å². The van der Waals surface area contributed by atoms with E-state index in [9.17, 15) is 4.79 Å². The minimum atomic E-state index is -0.0341. The summed E-state index contributed by atoms with van der Waals surface area (Å²) in [5, 5.41) is 5.94. The van der Waals surface area contributed by atoms with Gasteiger partial charge in [0.25, 0.3) is 5.91 Å². The monoisotopic (exact) mass is 262 g/mol. The largest absolute Gasteiger partial charge is 0.386 e. The molecule has 1 aromatic rings. The highest BCUT2D eigenvalue weighted by Gasteiger charge is 2.12. The maximum atomic E-state index is 12.0. The lowest BCUT2D eigenvalue weighted by atomic mass is 10.2. The SMILES string of the molecule is CNc1cnccc1C(=O)NCCCN1CCCC1. The molecule has 0 aliphatic carbocycles. The van der Waals surface area contributed by atoms with Crippen LogP contribution in [0.15, 0.2) is 18.5 Å². The van der Waals surface area contributed by atoms with Gasteiger partial charge < -0.3 is 15.5 Å². The summed E-state index contributed by atoms with van der Waals surface area (Å²) in [5.74, 6) is -0.0341. The quantitative estimate of drug-likeness (QED) is 0.760. The maximum Gasteiger partial charge on any atom is 0.253 e. The van der Waals surface area contributed by atoms with Crippen molar-refractivity contribution >= 4 is 11.6 Å². The maximum absolute atomic E-state index is 12.0. The van der Waals surface area contributed by atoms with Crippen molar-refractivity contribution in [3.05, 3.63) is 24.0 Å². The van der Waals surface area contributed by atoms with Gasteiger partial charge in [0.05, 0.1) is 17.4 Å². The van der Waals surface area contributed by atoms with Gasteiger partial charge in [0.2, 0.25) is 0 Å². The van der Waals surface area contributed by atoms with Crippen LogP contribution in [0.5, 0.6) is 0 Å². The number of amides is 1. The second-order valence-electron chi connectivity index (χ2n) is 4.83. The van der Waals surface area contributed by atoms with Crippen LogP contribution in [0.4, 0.5) is 5.69 Å². The molecule has 0 saturated carbocycles. The first kappa shape index (κ1) is 13.8. The molecule has 1 fully saturated rings. The molecule has 5 nitrogen and oxygen atoms in total. The van der Waals surface area contributed by atoms with E-state index in [0.717, 1.165) is 25.2 Å². The molecule has 19 heavy (non-hydrogen) atoms. The highest BCUT2D eigenvalue weighted by atomic mass is 16.1. The van der Waals surface area contributed by atoms with Crippen molar-refractivity contribution in [2.24, 2.45) is 0 Å². The Balaban J connectivity index is 1.74. The molecule has 1 amide bonds. The van der Waals surface area contributed by atoms with E-state index in [4.69, 9.17) is 0 Å². The predicted octanol–water partition coefficient (Wildman–Crippen LogP) is 1.34. The van der Waals surface area contributed by atoms with Gasteiger partial charge in [-0.25, -0.2) is 0 Å². The first-order valence-corrected chi connectivity index (χ1v) is 6.93. The highest BCUT2D eigenvalue weighted by molar-refractivity contribution is 5.99. The molecule has 1 aliphatic heterocycles. The molecule has 1 saturated heterocycles. The summed E-state index contributed by atoms with van der Waals surface area (Å²) in [6.45, 7) is 4.22. The van der Waals surface area contributed by atoms with Crippen molar-refractivity contribution in [2.45, 2.75) is 19.3 Å². The average Bonchev–Trinajstić information content (AvgIpc) is 2.96. The molecule has 1 aliphatic rings. The Morgan fingerprint density at radius 1 is 1.42 bits per heavy atom. The number of aromatic nitrogens is 1. The summed E-state index contributed by atoms with van der Waals surface area (Å²) in [5.41, 5.74) is 1.42. The van der Waals surface area contributed by atoms with Crippen molar-refractivity contribution in [3.8, 4) is 0 Å². The number of anilines is 1. The summed E-state index contributed by atoms with van der Waals surface area (Å²) in [7, 11) is 1.79. The Kier molecular flexibility index (Phi) is 5.15. The smallest absolute Gasteiger partial charge is 0.253 e. The zero-order valence-electron chi connectivity index (χ0n) is 11.5. The lowest BCUT2D eigenvalue weighted by molar-refractivity contribution is 0.0952. The molecule has 0 atom stereocenters. The molecule has 2 N–H and O–H groups in total. The van der Waals surface area contributed by atoms with Gasteiger partial charge in [-0.2, -0.15) is 0 Å². The predicted molar refractivity (Wildman–Crippen MR) is 76.4 cm³/mol. The lowest BCUT2D eigenvalue weighted by Crippen LogP contribution is -2.29. The molecule has 0 radical (unpaired) electrons. The van der Waals surface area contributed by atoms with Crippen molar-refractivity contribution < 1.29 is 4.79 Å². The van der Waals surface area contributed by atoms with Crippen LogP contribution < -0.4 is 10.6 Å². The van der Waals surface area contributed by atoms with Crippen LogP contribution in [0.3, 0.4) is 0 Å². The molecule has 104 valence electrons. The van der Waals surface area contributed by atoms with E-state index in [1.807, 2.05) is 0 Å². The fourth-order valence-electron chi connectivity index (χ4n) is 2.40. The molecule has 0 spiro atoms. The minimum absolute atomic E-state index is 0.0341.